The van der Waals surface area contributed by atoms with Gasteiger partial charge in [-0.2, -0.15) is 5.06 Å². The summed E-state index contributed by atoms with van der Waals surface area (Å²) in [5, 5.41) is 14.1. The molecule has 112 valence electrons. The number of methoxy groups -OCH3 is 1. The predicted octanol–water partition coefficient (Wildman–Crippen LogP) is 1.77. The monoisotopic (exact) mass is 274 g/mol. The van der Waals surface area contributed by atoms with Crippen molar-refractivity contribution in [3.05, 3.63) is 0 Å². The molecule has 0 aromatic rings. The van der Waals surface area contributed by atoms with Crippen LogP contribution in [0.25, 0.3) is 0 Å². The van der Waals surface area contributed by atoms with Gasteiger partial charge >= 0.3 is 6.09 Å². The van der Waals surface area contributed by atoms with Crippen LogP contribution in [0.15, 0.2) is 0 Å². The second kappa shape index (κ2) is 6.07. The number of piperidine rings is 1. The lowest BCUT2D eigenvalue weighted by atomic mass is 9.80. The molecule has 0 aromatic heterocycles. The van der Waals surface area contributed by atoms with Crippen molar-refractivity contribution in [1.82, 2.24) is 10.4 Å². The Balaban J connectivity index is 2.53. The summed E-state index contributed by atoms with van der Waals surface area (Å²) in [5.74, 6) is 0. The number of rotatable bonds is 4. The number of nitrogens with one attached hydrogen (secondary N) is 1. The molecule has 0 atom stereocenters. The molecule has 19 heavy (non-hydrogen) atoms. The van der Waals surface area contributed by atoms with E-state index in [1.807, 2.05) is 27.7 Å². The van der Waals surface area contributed by atoms with Gasteiger partial charge in [0.25, 0.3) is 0 Å². The normalized spacial score (nSPS) is 23.1. The van der Waals surface area contributed by atoms with E-state index >= 15 is 0 Å². The smallest absolute Gasteiger partial charge is 0.407 e. The summed E-state index contributed by atoms with van der Waals surface area (Å²) in [4.78, 5) is 11.6. The fraction of sp³-hybridized carbons (Fsp3) is 0.923. The maximum atomic E-state index is 11.6. The number of ether oxygens (including phenoxy) is 2. The Morgan fingerprint density at radius 1 is 1.32 bits per heavy atom. The molecule has 0 saturated carbocycles. The maximum absolute atomic E-state index is 11.6. The molecular formula is C13H26N2O4. The lowest BCUT2D eigenvalue weighted by molar-refractivity contribution is -0.256. The zero-order chi connectivity index (χ0) is 14.7. The van der Waals surface area contributed by atoms with Crippen LogP contribution in [0.2, 0.25) is 0 Å². The first kappa shape index (κ1) is 16.2. The molecule has 1 amide bonds. The third kappa shape index (κ3) is 4.33. The molecule has 1 heterocycles. The van der Waals surface area contributed by atoms with E-state index in [-0.39, 0.29) is 6.10 Å². The molecule has 1 saturated heterocycles. The van der Waals surface area contributed by atoms with Gasteiger partial charge in [-0.15, -0.1) is 0 Å². The standard InChI is InChI=1S/C13H26N2O4/c1-12(2)8-10(9-13(3,4)15(12)17)19-11(16)14-6-7-18-5/h10,17H,6-9H2,1-5H3,(H,14,16). The second-order valence-corrected chi connectivity index (χ2v) is 6.29. The Kier molecular flexibility index (Phi) is 5.18. The number of hydroxylamine groups is 2. The average Bonchev–Trinajstić information content (AvgIpc) is 2.25. The van der Waals surface area contributed by atoms with Gasteiger partial charge in [-0.3, -0.25) is 0 Å². The number of hydrogen-bond donors (Lipinski definition) is 2. The zero-order valence-electron chi connectivity index (χ0n) is 12.5. The van der Waals surface area contributed by atoms with Crippen LogP contribution >= 0.6 is 0 Å². The predicted molar refractivity (Wildman–Crippen MR) is 71.2 cm³/mol. The summed E-state index contributed by atoms with van der Waals surface area (Å²) < 4.78 is 10.3. The third-order valence-electron chi connectivity index (χ3n) is 3.45. The first-order valence-electron chi connectivity index (χ1n) is 6.62. The Morgan fingerprint density at radius 3 is 2.32 bits per heavy atom. The Labute approximate surface area is 115 Å². The minimum absolute atomic E-state index is 0.198. The van der Waals surface area contributed by atoms with Gasteiger partial charge in [0.15, 0.2) is 0 Å². The number of nitrogens with zero attached hydrogens (tertiary/aromatic N) is 1. The van der Waals surface area contributed by atoms with E-state index in [1.54, 1.807) is 7.11 Å². The van der Waals surface area contributed by atoms with Crippen molar-refractivity contribution < 1.29 is 19.5 Å². The quantitative estimate of drug-likeness (QED) is 0.765. The fourth-order valence-electron chi connectivity index (χ4n) is 2.71. The molecule has 1 fully saturated rings. The molecule has 0 unspecified atom stereocenters. The van der Waals surface area contributed by atoms with E-state index in [0.29, 0.717) is 26.0 Å². The van der Waals surface area contributed by atoms with Gasteiger partial charge in [0, 0.05) is 37.6 Å². The van der Waals surface area contributed by atoms with Crippen LogP contribution in [0.1, 0.15) is 40.5 Å². The molecule has 1 aliphatic rings. The zero-order valence-corrected chi connectivity index (χ0v) is 12.5. The summed E-state index contributed by atoms with van der Waals surface area (Å²) in [6, 6.07) is 0. The highest BCUT2D eigenvalue weighted by Gasteiger charge is 2.46. The van der Waals surface area contributed by atoms with Gasteiger partial charge < -0.3 is 20.0 Å². The van der Waals surface area contributed by atoms with Crippen LogP contribution in [0.4, 0.5) is 4.79 Å². The maximum Gasteiger partial charge on any atom is 0.407 e. The third-order valence-corrected chi connectivity index (χ3v) is 3.45. The van der Waals surface area contributed by atoms with E-state index in [0.717, 1.165) is 0 Å². The number of amides is 1. The van der Waals surface area contributed by atoms with Crippen LogP contribution in [-0.4, -0.2) is 53.8 Å². The minimum Gasteiger partial charge on any atom is -0.446 e. The summed E-state index contributed by atoms with van der Waals surface area (Å²) in [6.45, 7) is 8.64. The van der Waals surface area contributed by atoms with Crippen molar-refractivity contribution in [3.63, 3.8) is 0 Å². The number of alkyl carbamates (subject to hydrolysis) is 1. The van der Waals surface area contributed by atoms with Crippen molar-refractivity contribution in [1.29, 1.82) is 0 Å². The summed E-state index contributed by atoms with van der Waals surface area (Å²) in [7, 11) is 1.58. The molecule has 6 nitrogen and oxygen atoms in total. The topological polar surface area (TPSA) is 71.0 Å². The van der Waals surface area contributed by atoms with Crippen LogP contribution in [0.5, 0.6) is 0 Å². The molecule has 0 aliphatic carbocycles. The van der Waals surface area contributed by atoms with Crippen molar-refractivity contribution in [3.8, 4) is 0 Å². The van der Waals surface area contributed by atoms with E-state index in [9.17, 15) is 10.0 Å². The Morgan fingerprint density at radius 2 is 1.84 bits per heavy atom. The first-order valence-corrected chi connectivity index (χ1v) is 6.62. The molecular weight excluding hydrogens is 248 g/mol. The number of hydrogen-bond acceptors (Lipinski definition) is 5. The summed E-state index contributed by atoms with van der Waals surface area (Å²) >= 11 is 0. The minimum atomic E-state index is -0.431. The van der Waals surface area contributed by atoms with E-state index in [4.69, 9.17) is 9.47 Å². The first-order chi connectivity index (χ1) is 8.69. The largest absolute Gasteiger partial charge is 0.446 e. The van der Waals surface area contributed by atoms with Gasteiger partial charge in [-0.1, -0.05) is 0 Å². The Hall–Kier alpha value is -0.850. The van der Waals surface area contributed by atoms with E-state index in [1.165, 1.54) is 5.06 Å². The summed E-state index contributed by atoms with van der Waals surface area (Å²) in [6.07, 6.45) is 0.575. The Bertz CT molecular complexity index is 300. The number of carbonyl (C=O) groups excluding carboxylic acids is 1. The highest BCUT2D eigenvalue weighted by atomic mass is 16.6. The lowest BCUT2D eigenvalue weighted by Gasteiger charge is -2.50. The lowest BCUT2D eigenvalue weighted by Crippen LogP contribution is -2.61. The highest BCUT2D eigenvalue weighted by molar-refractivity contribution is 5.67. The van der Waals surface area contributed by atoms with Gasteiger partial charge in [0.2, 0.25) is 0 Å². The van der Waals surface area contributed by atoms with E-state index < -0.39 is 17.2 Å². The van der Waals surface area contributed by atoms with Crippen LogP contribution < -0.4 is 5.32 Å². The van der Waals surface area contributed by atoms with E-state index in [2.05, 4.69) is 5.32 Å². The van der Waals surface area contributed by atoms with Crippen LogP contribution in [-0.2, 0) is 9.47 Å². The van der Waals surface area contributed by atoms with Crippen molar-refractivity contribution in [2.45, 2.75) is 57.7 Å². The van der Waals surface area contributed by atoms with Crippen LogP contribution in [0.3, 0.4) is 0 Å². The van der Waals surface area contributed by atoms with Gasteiger partial charge in [-0.05, 0) is 27.7 Å². The molecule has 2 N–H and O–H groups in total. The van der Waals surface area contributed by atoms with Gasteiger partial charge in [-0.25, -0.2) is 4.79 Å². The molecule has 6 heteroatoms. The van der Waals surface area contributed by atoms with Crippen LogP contribution in [0, 0.1) is 0 Å². The molecule has 1 rings (SSSR count). The van der Waals surface area contributed by atoms with Gasteiger partial charge in [0.05, 0.1) is 6.61 Å². The molecule has 0 radical (unpaired) electrons. The van der Waals surface area contributed by atoms with Crippen molar-refractivity contribution in [2.24, 2.45) is 0 Å². The second-order valence-electron chi connectivity index (χ2n) is 6.29. The van der Waals surface area contributed by atoms with Crippen molar-refractivity contribution >= 4 is 6.09 Å². The fourth-order valence-corrected chi connectivity index (χ4v) is 2.71. The SMILES string of the molecule is COCCNC(=O)OC1CC(C)(C)N(O)C(C)(C)C1. The molecule has 0 aromatic carbocycles. The number of carbonyl (C=O) groups is 1. The molecule has 0 spiro atoms. The molecule has 1 aliphatic heterocycles. The van der Waals surface area contributed by atoms with Gasteiger partial charge in [0.1, 0.15) is 6.10 Å². The molecule has 0 bridgehead atoms. The highest BCUT2D eigenvalue weighted by Crippen LogP contribution is 2.37. The van der Waals surface area contributed by atoms with Crippen molar-refractivity contribution in [2.75, 3.05) is 20.3 Å². The average molecular weight is 274 g/mol. The summed E-state index contributed by atoms with van der Waals surface area (Å²) in [5.41, 5.74) is -0.835.